The molecule has 0 aliphatic carbocycles. The third-order valence-electron chi connectivity index (χ3n) is 4.60. The molecule has 3 aromatic carbocycles. The van der Waals surface area contributed by atoms with Gasteiger partial charge in [-0.3, -0.25) is 4.79 Å². The van der Waals surface area contributed by atoms with Gasteiger partial charge in [-0.2, -0.15) is 5.26 Å². The lowest BCUT2D eigenvalue weighted by Gasteiger charge is -2.14. The number of amides is 1. The number of methoxy groups -OCH3 is 1. The minimum atomic E-state index is -1.05. The van der Waals surface area contributed by atoms with Gasteiger partial charge >= 0.3 is 5.97 Å². The molecule has 0 heterocycles. The van der Waals surface area contributed by atoms with E-state index in [2.05, 4.69) is 11.4 Å². The van der Waals surface area contributed by atoms with E-state index in [0.717, 1.165) is 0 Å². The molecule has 3 rings (SSSR count). The molecule has 0 fully saturated rings. The first kappa shape index (κ1) is 24.7. The minimum absolute atomic E-state index is 0.127. The second-order valence-electron chi connectivity index (χ2n) is 6.93. The van der Waals surface area contributed by atoms with Crippen molar-refractivity contribution in [3.8, 4) is 17.6 Å². The molecule has 172 valence electrons. The summed E-state index contributed by atoms with van der Waals surface area (Å²) in [4.78, 5) is 23.2. The summed E-state index contributed by atoms with van der Waals surface area (Å²) in [5.41, 5.74) is 2.13. The van der Waals surface area contributed by atoms with Crippen LogP contribution in [0.2, 0.25) is 0 Å². The lowest BCUT2D eigenvalue weighted by molar-refractivity contribution is -0.118. The summed E-state index contributed by atoms with van der Waals surface area (Å²) in [6.45, 7) is -0.293. The van der Waals surface area contributed by atoms with Crippen molar-refractivity contribution in [2.24, 2.45) is 0 Å². The lowest BCUT2D eigenvalue weighted by atomic mass is 10.0. The molecule has 0 atom stereocenters. The molecular formula is C25H18FIN2O5. The maximum absolute atomic E-state index is 13.0. The third-order valence-corrected chi connectivity index (χ3v) is 5.40. The summed E-state index contributed by atoms with van der Waals surface area (Å²) in [6.07, 6.45) is 1.64. The standard InChI is InChI=1S/C25H18FIN2O5/c1-33-22-12-15(10-18(13-28)16-2-4-17(5-3-16)25(31)32)11-21(27)24(22)34-14-23(30)29-20-8-6-19(26)7-9-20/h2-12H,14H2,1H3,(H,29,30)(H,31,32)/b18-10-. The Hall–Kier alpha value is -3.91. The molecule has 0 radical (unpaired) electrons. The van der Waals surface area contributed by atoms with Crippen LogP contribution in [-0.4, -0.2) is 30.7 Å². The van der Waals surface area contributed by atoms with Crippen molar-refractivity contribution in [1.29, 1.82) is 5.26 Å². The van der Waals surface area contributed by atoms with Gasteiger partial charge in [0.25, 0.3) is 5.91 Å². The Morgan fingerprint density at radius 1 is 1.12 bits per heavy atom. The Morgan fingerprint density at radius 3 is 2.35 bits per heavy atom. The van der Waals surface area contributed by atoms with Crippen molar-refractivity contribution >= 4 is 51.8 Å². The summed E-state index contributed by atoms with van der Waals surface area (Å²) in [5, 5.41) is 21.2. The second-order valence-corrected chi connectivity index (χ2v) is 8.09. The van der Waals surface area contributed by atoms with Gasteiger partial charge in [-0.25, -0.2) is 9.18 Å². The summed E-state index contributed by atoms with van der Waals surface area (Å²) >= 11 is 2.04. The number of benzene rings is 3. The number of aromatic carboxylic acids is 1. The predicted octanol–water partition coefficient (Wildman–Crippen LogP) is 5.22. The van der Waals surface area contributed by atoms with Crippen LogP contribution in [0.1, 0.15) is 21.5 Å². The zero-order valence-corrected chi connectivity index (χ0v) is 20.0. The van der Waals surface area contributed by atoms with Crippen LogP contribution in [0.3, 0.4) is 0 Å². The van der Waals surface area contributed by atoms with Gasteiger partial charge in [0, 0.05) is 5.69 Å². The normalized spacial score (nSPS) is 10.8. The number of carbonyl (C=O) groups is 2. The van der Waals surface area contributed by atoms with Gasteiger partial charge in [-0.05, 0) is 88.3 Å². The third kappa shape index (κ3) is 6.32. The van der Waals surface area contributed by atoms with Crippen LogP contribution in [0.25, 0.3) is 11.6 Å². The van der Waals surface area contributed by atoms with E-state index in [-0.39, 0.29) is 12.2 Å². The lowest BCUT2D eigenvalue weighted by Crippen LogP contribution is -2.20. The molecular weight excluding hydrogens is 554 g/mol. The molecule has 0 aliphatic rings. The first-order valence-corrected chi connectivity index (χ1v) is 10.9. The molecule has 0 saturated carbocycles. The zero-order valence-electron chi connectivity index (χ0n) is 17.8. The predicted molar refractivity (Wildman–Crippen MR) is 133 cm³/mol. The summed E-state index contributed by atoms with van der Waals surface area (Å²) in [6, 6.07) is 16.9. The number of rotatable bonds is 8. The molecule has 2 N–H and O–H groups in total. The van der Waals surface area contributed by atoms with E-state index in [9.17, 15) is 19.2 Å². The molecule has 0 aromatic heterocycles. The van der Waals surface area contributed by atoms with Crippen LogP contribution in [-0.2, 0) is 4.79 Å². The number of halogens is 2. The van der Waals surface area contributed by atoms with Gasteiger partial charge in [-0.15, -0.1) is 0 Å². The quantitative estimate of drug-likeness (QED) is 0.218. The van der Waals surface area contributed by atoms with Crippen molar-refractivity contribution < 1.29 is 28.6 Å². The van der Waals surface area contributed by atoms with E-state index >= 15 is 0 Å². The minimum Gasteiger partial charge on any atom is -0.493 e. The van der Waals surface area contributed by atoms with Crippen LogP contribution in [0.5, 0.6) is 11.5 Å². The fourth-order valence-corrected chi connectivity index (χ4v) is 3.75. The van der Waals surface area contributed by atoms with Gasteiger partial charge in [0.05, 0.1) is 27.9 Å². The Morgan fingerprint density at radius 2 is 1.76 bits per heavy atom. The Labute approximate surface area is 208 Å². The smallest absolute Gasteiger partial charge is 0.335 e. The molecule has 0 spiro atoms. The van der Waals surface area contributed by atoms with E-state index in [1.165, 1.54) is 43.5 Å². The molecule has 0 bridgehead atoms. The highest BCUT2D eigenvalue weighted by Gasteiger charge is 2.14. The molecule has 7 nitrogen and oxygen atoms in total. The number of carbonyl (C=O) groups excluding carboxylic acids is 1. The Kier molecular flexibility index (Phi) is 8.21. The highest BCUT2D eigenvalue weighted by molar-refractivity contribution is 14.1. The number of allylic oxidation sites excluding steroid dienone is 1. The summed E-state index contributed by atoms with van der Waals surface area (Å²) in [5.74, 6) is -1.15. The summed E-state index contributed by atoms with van der Waals surface area (Å²) in [7, 11) is 1.46. The molecule has 0 unspecified atom stereocenters. The monoisotopic (exact) mass is 572 g/mol. The average Bonchev–Trinajstić information content (AvgIpc) is 2.83. The van der Waals surface area contributed by atoms with E-state index < -0.39 is 17.7 Å². The Balaban J connectivity index is 1.78. The van der Waals surface area contributed by atoms with Gasteiger partial charge in [-0.1, -0.05) is 12.1 Å². The van der Waals surface area contributed by atoms with E-state index in [1.807, 2.05) is 22.6 Å². The van der Waals surface area contributed by atoms with Crippen LogP contribution >= 0.6 is 22.6 Å². The molecule has 3 aromatic rings. The maximum atomic E-state index is 13.0. The highest BCUT2D eigenvalue weighted by Crippen LogP contribution is 2.35. The number of hydrogen-bond acceptors (Lipinski definition) is 5. The van der Waals surface area contributed by atoms with Crippen molar-refractivity contribution in [3.63, 3.8) is 0 Å². The number of anilines is 1. The average molecular weight is 572 g/mol. The molecule has 34 heavy (non-hydrogen) atoms. The number of nitriles is 1. The summed E-state index contributed by atoms with van der Waals surface area (Å²) < 4.78 is 24.7. The van der Waals surface area contributed by atoms with Gasteiger partial charge in [0.2, 0.25) is 0 Å². The van der Waals surface area contributed by atoms with Gasteiger partial charge in [0.1, 0.15) is 5.82 Å². The van der Waals surface area contributed by atoms with E-state index in [0.29, 0.717) is 37.5 Å². The van der Waals surface area contributed by atoms with Crippen LogP contribution in [0.15, 0.2) is 60.7 Å². The Bertz CT molecular complexity index is 1280. The van der Waals surface area contributed by atoms with Gasteiger partial charge in [0.15, 0.2) is 18.1 Å². The van der Waals surface area contributed by atoms with Crippen LogP contribution < -0.4 is 14.8 Å². The zero-order chi connectivity index (χ0) is 24.7. The SMILES string of the molecule is COc1cc(/C=C(/C#N)c2ccc(C(=O)O)cc2)cc(I)c1OCC(=O)Nc1ccc(F)cc1. The number of carboxylic acid groups (broad SMARTS) is 1. The van der Waals surface area contributed by atoms with Gasteiger partial charge < -0.3 is 19.9 Å². The number of carboxylic acids is 1. The van der Waals surface area contributed by atoms with E-state index in [4.69, 9.17) is 14.6 Å². The first-order valence-electron chi connectivity index (χ1n) is 9.82. The number of ether oxygens (including phenoxy) is 2. The first-order chi connectivity index (χ1) is 16.3. The fourth-order valence-electron chi connectivity index (χ4n) is 2.97. The fraction of sp³-hybridized carbons (Fsp3) is 0.0800. The van der Waals surface area contributed by atoms with Crippen LogP contribution in [0, 0.1) is 20.7 Å². The maximum Gasteiger partial charge on any atom is 0.335 e. The van der Waals surface area contributed by atoms with Crippen molar-refractivity contribution in [3.05, 3.63) is 86.7 Å². The van der Waals surface area contributed by atoms with Crippen molar-refractivity contribution in [2.45, 2.75) is 0 Å². The van der Waals surface area contributed by atoms with Crippen molar-refractivity contribution in [1.82, 2.24) is 0 Å². The molecule has 0 aliphatic heterocycles. The highest BCUT2D eigenvalue weighted by atomic mass is 127. The molecule has 0 saturated heterocycles. The number of nitrogens with one attached hydrogen (secondary N) is 1. The molecule has 1 amide bonds. The number of nitrogens with zero attached hydrogens (tertiary/aromatic N) is 1. The van der Waals surface area contributed by atoms with E-state index in [1.54, 1.807) is 30.3 Å². The van der Waals surface area contributed by atoms with Crippen molar-refractivity contribution in [2.75, 3.05) is 19.0 Å². The molecule has 9 heteroatoms. The largest absolute Gasteiger partial charge is 0.493 e. The number of hydrogen-bond donors (Lipinski definition) is 2. The van der Waals surface area contributed by atoms with Crippen LogP contribution in [0.4, 0.5) is 10.1 Å². The topological polar surface area (TPSA) is 109 Å². The second kappa shape index (κ2) is 11.3.